The van der Waals surface area contributed by atoms with Gasteiger partial charge in [-0.3, -0.25) is 0 Å². The Bertz CT molecular complexity index is 405. The van der Waals surface area contributed by atoms with Crippen LogP contribution in [-0.2, 0) is 6.42 Å². The zero-order chi connectivity index (χ0) is 13.1. The zero-order valence-corrected chi connectivity index (χ0v) is 10.8. The smallest absolute Gasteiger partial charge is 0.159 e. The first-order valence-electron chi connectivity index (χ1n) is 6.75. The molecule has 0 aromatic heterocycles. The highest BCUT2D eigenvalue weighted by Gasteiger charge is 2.24. The molecule has 2 rings (SSSR count). The molecule has 0 aliphatic heterocycles. The van der Waals surface area contributed by atoms with Gasteiger partial charge in [0.1, 0.15) is 0 Å². The van der Waals surface area contributed by atoms with Gasteiger partial charge in [0.2, 0.25) is 0 Å². The SMILES string of the molecule is CC1CCCC(C(N)Cc2ccc(F)c(F)c2)C1. The van der Waals surface area contributed by atoms with E-state index in [9.17, 15) is 8.78 Å². The largest absolute Gasteiger partial charge is 0.327 e. The Morgan fingerprint density at radius 3 is 2.72 bits per heavy atom. The summed E-state index contributed by atoms with van der Waals surface area (Å²) in [7, 11) is 0. The molecule has 1 aromatic rings. The van der Waals surface area contributed by atoms with Crippen molar-refractivity contribution in [1.82, 2.24) is 0 Å². The van der Waals surface area contributed by atoms with Crippen molar-refractivity contribution in [3.05, 3.63) is 35.4 Å². The van der Waals surface area contributed by atoms with Gasteiger partial charge in [0, 0.05) is 6.04 Å². The molecule has 3 atom stereocenters. The maximum absolute atomic E-state index is 13.1. The fourth-order valence-corrected chi connectivity index (χ4v) is 2.98. The molecule has 3 unspecified atom stereocenters. The van der Waals surface area contributed by atoms with Gasteiger partial charge in [-0.05, 0) is 48.8 Å². The predicted octanol–water partition coefficient (Wildman–Crippen LogP) is 3.66. The molecule has 100 valence electrons. The normalized spacial score (nSPS) is 26.0. The highest BCUT2D eigenvalue weighted by atomic mass is 19.2. The molecule has 0 radical (unpaired) electrons. The third kappa shape index (κ3) is 3.29. The molecular formula is C15H21F2N. The summed E-state index contributed by atoms with van der Waals surface area (Å²) in [5, 5.41) is 0. The second-order valence-corrected chi connectivity index (χ2v) is 5.65. The molecule has 0 heterocycles. The third-order valence-corrected chi connectivity index (χ3v) is 4.04. The molecule has 1 aliphatic rings. The van der Waals surface area contributed by atoms with Crippen molar-refractivity contribution >= 4 is 0 Å². The van der Waals surface area contributed by atoms with Gasteiger partial charge in [0.15, 0.2) is 11.6 Å². The Balaban J connectivity index is 1.97. The molecule has 3 heteroatoms. The minimum Gasteiger partial charge on any atom is -0.327 e. The minimum atomic E-state index is -0.793. The topological polar surface area (TPSA) is 26.0 Å². The van der Waals surface area contributed by atoms with Crippen LogP contribution in [0.3, 0.4) is 0 Å². The monoisotopic (exact) mass is 253 g/mol. The first-order valence-corrected chi connectivity index (χ1v) is 6.75. The van der Waals surface area contributed by atoms with E-state index in [1.165, 1.54) is 25.0 Å². The predicted molar refractivity (Wildman–Crippen MR) is 69.2 cm³/mol. The molecular weight excluding hydrogens is 232 g/mol. The van der Waals surface area contributed by atoms with Crippen LogP contribution in [0.1, 0.15) is 38.2 Å². The van der Waals surface area contributed by atoms with Gasteiger partial charge in [-0.2, -0.15) is 0 Å². The first-order chi connectivity index (χ1) is 8.56. The lowest BCUT2D eigenvalue weighted by molar-refractivity contribution is 0.245. The quantitative estimate of drug-likeness (QED) is 0.874. The molecule has 0 amide bonds. The number of rotatable bonds is 3. The van der Waals surface area contributed by atoms with Crippen LogP contribution in [0.15, 0.2) is 18.2 Å². The molecule has 0 saturated heterocycles. The fraction of sp³-hybridized carbons (Fsp3) is 0.600. The van der Waals surface area contributed by atoms with Crippen LogP contribution in [0, 0.1) is 23.5 Å². The summed E-state index contributed by atoms with van der Waals surface area (Å²) in [6.45, 7) is 2.26. The second kappa shape index (κ2) is 5.79. The summed E-state index contributed by atoms with van der Waals surface area (Å²) in [6.07, 6.45) is 5.47. The van der Waals surface area contributed by atoms with E-state index in [4.69, 9.17) is 5.73 Å². The molecule has 1 aromatic carbocycles. The van der Waals surface area contributed by atoms with Crippen LogP contribution in [0.5, 0.6) is 0 Å². The molecule has 2 N–H and O–H groups in total. The standard InChI is InChI=1S/C15H21F2N/c1-10-3-2-4-12(7-10)15(18)9-11-5-6-13(16)14(17)8-11/h5-6,8,10,12,15H,2-4,7,9,18H2,1H3. The van der Waals surface area contributed by atoms with Crippen molar-refractivity contribution in [2.45, 2.75) is 45.1 Å². The summed E-state index contributed by atoms with van der Waals surface area (Å²) < 4.78 is 26.0. The second-order valence-electron chi connectivity index (χ2n) is 5.65. The summed E-state index contributed by atoms with van der Waals surface area (Å²) in [6, 6.07) is 4.13. The summed E-state index contributed by atoms with van der Waals surface area (Å²) in [5.41, 5.74) is 7.01. The number of hydrogen-bond acceptors (Lipinski definition) is 1. The Labute approximate surface area is 107 Å². The molecule has 0 bridgehead atoms. The van der Waals surface area contributed by atoms with Gasteiger partial charge < -0.3 is 5.73 Å². The van der Waals surface area contributed by atoms with Gasteiger partial charge >= 0.3 is 0 Å². The Hall–Kier alpha value is -0.960. The van der Waals surface area contributed by atoms with E-state index in [1.54, 1.807) is 6.07 Å². The number of hydrogen-bond donors (Lipinski definition) is 1. The number of nitrogens with two attached hydrogens (primary N) is 1. The Morgan fingerprint density at radius 1 is 1.28 bits per heavy atom. The van der Waals surface area contributed by atoms with E-state index in [0.29, 0.717) is 12.3 Å². The molecule has 18 heavy (non-hydrogen) atoms. The maximum Gasteiger partial charge on any atom is 0.159 e. The van der Waals surface area contributed by atoms with Crippen molar-refractivity contribution < 1.29 is 8.78 Å². The van der Waals surface area contributed by atoms with Gasteiger partial charge in [-0.25, -0.2) is 8.78 Å². The lowest BCUT2D eigenvalue weighted by Gasteiger charge is -2.31. The van der Waals surface area contributed by atoms with Crippen LogP contribution in [-0.4, -0.2) is 6.04 Å². The maximum atomic E-state index is 13.1. The lowest BCUT2D eigenvalue weighted by Crippen LogP contribution is -2.35. The van der Waals surface area contributed by atoms with Gasteiger partial charge in [0.05, 0.1) is 0 Å². The van der Waals surface area contributed by atoms with E-state index >= 15 is 0 Å². The van der Waals surface area contributed by atoms with Crippen LogP contribution < -0.4 is 5.73 Å². The molecule has 0 spiro atoms. The van der Waals surface area contributed by atoms with Gasteiger partial charge in [-0.15, -0.1) is 0 Å². The highest BCUT2D eigenvalue weighted by molar-refractivity contribution is 5.19. The fourth-order valence-electron chi connectivity index (χ4n) is 2.98. The zero-order valence-electron chi connectivity index (χ0n) is 10.8. The van der Waals surface area contributed by atoms with E-state index < -0.39 is 11.6 Å². The van der Waals surface area contributed by atoms with E-state index in [-0.39, 0.29) is 6.04 Å². The Kier molecular flexibility index (Phi) is 4.33. The van der Waals surface area contributed by atoms with Crippen LogP contribution in [0.2, 0.25) is 0 Å². The highest BCUT2D eigenvalue weighted by Crippen LogP contribution is 2.31. The van der Waals surface area contributed by atoms with E-state index in [1.807, 2.05) is 0 Å². The summed E-state index contributed by atoms with van der Waals surface area (Å²) in [4.78, 5) is 0. The van der Waals surface area contributed by atoms with Crippen molar-refractivity contribution in [2.75, 3.05) is 0 Å². The molecule has 1 fully saturated rings. The number of halogens is 2. The van der Waals surface area contributed by atoms with Crippen molar-refractivity contribution in [3.8, 4) is 0 Å². The molecule has 1 aliphatic carbocycles. The Morgan fingerprint density at radius 2 is 2.06 bits per heavy atom. The van der Waals surface area contributed by atoms with Crippen molar-refractivity contribution in [1.29, 1.82) is 0 Å². The minimum absolute atomic E-state index is 0.0533. The lowest BCUT2D eigenvalue weighted by atomic mass is 9.77. The van der Waals surface area contributed by atoms with Crippen molar-refractivity contribution in [2.24, 2.45) is 17.6 Å². The first kappa shape index (κ1) is 13.5. The average molecular weight is 253 g/mol. The van der Waals surface area contributed by atoms with E-state index in [0.717, 1.165) is 24.3 Å². The number of benzene rings is 1. The third-order valence-electron chi connectivity index (χ3n) is 4.04. The summed E-state index contributed by atoms with van der Waals surface area (Å²) >= 11 is 0. The molecule has 1 saturated carbocycles. The van der Waals surface area contributed by atoms with Gasteiger partial charge in [0.25, 0.3) is 0 Å². The van der Waals surface area contributed by atoms with E-state index in [2.05, 4.69) is 6.92 Å². The van der Waals surface area contributed by atoms with Crippen LogP contribution in [0.25, 0.3) is 0 Å². The van der Waals surface area contributed by atoms with Crippen LogP contribution >= 0.6 is 0 Å². The molecule has 1 nitrogen and oxygen atoms in total. The van der Waals surface area contributed by atoms with Crippen molar-refractivity contribution in [3.63, 3.8) is 0 Å². The summed E-state index contributed by atoms with van der Waals surface area (Å²) in [5.74, 6) is -0.322. The van der Waals surface area contributed by atoms with Gasteiger partial charge in [-0.1, -0.05) is 25.8 Å². The average Bonchev–Trinajstić information content (AvgIpc) is 2.34. The van der Waals surface area contributed by atoms with Crippen LogP contribution in [0.4, 0.5) is 8.78 Å².